The molecule has 0 N–H and O–H groups in total. The van der Waals surface area contributed by atoms with Crippen LogP contribution in [0.3, 0.4) is 0 Å². The molecule has 14 heavy (non-hydrogen) atoms. The maximum atomic E-state index is 4.59. The lowest BCUT2D eigenvalue weighted by Gasteiger charge is -2.07. The smallest absolute Gasteiger partial charge is 0.0965 e. The quantitative estimate of drug-likeness (QED) is 0.685. The Morgan fingerprint density at radius 1 is 1.00 bits per heavy atom. The summed E-state index contributed by atoms with van der Waals surface area (Å²) in [6.45, 7) is 4.15. The van der Waals surface area contributed by atoms with Crippen LogP contribution in [0.1, 0.15) is 20.6 Å². The van der Waals surface area contributed by atoms with Gasteiger partial charge in [0.15, 0.2) is 0 Å². The highest BCUT2D eigenvalue weighted by molar-refractivity contribution is 7.16. The summed E-state index contributed by atoms with van der Waals surface area (Å²) in [5, 5.41) is 2.34. The Kier molecular flexibility index (Phi) is 1.76. The maximum Gasteiger partial charge on any atom is 0.0965 e. The third-order valence-corrected chi connectivity index (χ3v) is 4.46. The number of hydrogen-bond acceptors (Lipinski definition) is 4. The minimum atomic E-state index is 1.09. The number of rotatable bonds is 0. The Morgan fingerprint density at radius 3 is 2.64 bits per heavy atom. The highest BCUT2D eigenvalue weighted by atomic mass is 32.1. The molecule has 0 amide bonds. The Labute approximate surface area is 90.7 Å². The Balaban J connectivity index is 2.27. The highest BCUT2D eigenvalue weighted by Crippen LogP contribution is 2.39. The number of thiazole rings is 2. The third kappa shape index (κ3) is 1.14. The van der Waals surface area contributed by atoms with Gasteiger partial charge < -0.3 is 0 Å². The first-order valence-electron chi connectivity index (χ1n) is 4.67. The number of fused-ring (bicyclic) bond motifs is 3. The van der Waals surface area contributed by atoms with Gasteiger partial charge in [-0.3, -0.25) is 0 Å². The van der Waals surface area contributed by atoms with E-state index < -0.39 is 0 Å². The first-order valence-corrected chi connectivity index (χ1v) is 6.30. The van der Waals surface area contributed by atoms with Crippen molar-refractivity contribution < 1.29 is 0 Å². The molecule has 0 aliphatic heterocycles. The van der Waals surface area contributed by atoms with E-state index in [1.807, 2.05) is 11.3 Å². The fourth-order valence-corrected chi connectivity index (χ4v) is 3.86. The van der Waals surface area contributed by atoms with E-state index in [0.29, 0.717) is 0 Å². The lowest BCUT2D eigenvalue weighted by atomic mass is 10.1. The molecular formula is C10H10N2S2. The van der Waals surface area contributed by atoms with Crippen LogP contribution in [0.2, 0.25) is 0 Å². The van der Waals surface area contributed by atoms with Crippen LogP contribution >= 0.6 is 22.7 Å². The number of hydrogen-bond donors (Lipinski definition) is 0. The van der Waals surface area contributed by atoms with Crippen LogP contribution in [0.25, 0.3) is 10.6 Å². The standard InChI is InChI=1S/C10H10N2S2/c1-5-11-7-3-4-8-9(10(7)14-5)12-6(2)13-8/h3-4H2,1-2H3. The van der Waals surface area contributed by atoms with Gasteiger partial charge in [-0.2, -0.15) is 0 Å². The van der Waals surface area contributed by atoms with E-state index in [0.717, 1.165) is 17.8 Å². The van der Waals surface area contributed by atoms with Gasteiger partial charge in [-0.1, -0.05) is 0 Å². The monoisotopic (exact) mass is 222 g/mol. The molecule has 1 aliphatic carbocycles. The minimum Gasteiger partial charge on any atom is -0.246 e. The first-order chi connectivity index (χ1) is 6.74. The van der Waals surface area contributed by atoms with Crippen molar-refractivity contribution in [3.63, 3.8) is 0 Å². The predicted molar refractivity (Wildman–Crippen MR) is 60.1 cm³/mol. The second-order valence-corrected chi connectivity index (χ2v) is 6.00. The van der Waals surface area contributed by atoms with E-state index >= 15 is 0 Å². The van der Waals surface area contributed by atoms with Gasteiger partial charge in [-0.15, -0.1) is 22.7 Å². The van der Waals surface area contributed by atoms with Gasteiger partial charge in [-0.05, 0) is 26.7 Å². The van der Waals surface area contributed by atoms with Gasteiger partial charge in [0.1, 0.15) is 0 Å². The Morgan fingerprint density at radius 2 is 1.79 bits per heavy atom. The van der Waals surface area contributed by atoms with Gasteiger partial charge in [0.05, 0.1) is 26.3 Å². The molecule has 0 fully saturated rings. The molecule has 0 saturated carbocycles. The van der Waals surface area contributed by atoms with E-state index in [1.54, 1.807) is 11.3 Å². The fourth-order valence-electron chi connectivity index (χ4n) is 1.87. The molecule has 72 valence electrons. The lowest BCUT2D eigenvalue weighted by Crippen LogP contribution is -1.99. The largest absolute Gasteiger partial charge is 0.246 e. The molecule has 0 atom stereocenters. The number of aryl methyl sites for hydroxylation is 4. The SMILES string of the molecule is Cc1nc2c(s1)CCc1nc(C)sc1-2. The molecule has 4 heteroatoms. The van der Waals surface area contributed by atoms with Crippen LogP contribution in [0.4, 0.5) is 0 Å². The summed E-state index contributed by atoms with van der Waals surface area (Å²) in [7, 11) is 0. The summed E-state index contributed by atoms with van der Waals surface area (Å²) in [6.07, 6.45) is 2.21. The van der Waals surface area contributed by atoms with E-state index in [4.69, 9.17) is 0 Å². The average molecular weight is 222 g/mol. The fraction of sp³-hybridized carbons (Fsp3) is 0.400. The van der Waals surface area contributed by atoms with Crippen LogP contribution in [-0.4, -0.2) is 9.97 Å². The Hall–Kier alpha value is -0.740. The van der Waals surface area contributed by atoms with Crippen molar-refractivity contribution >= 4 is 22.7 Å². The summed E-state index contributed by atoms with van der Waals surface area (Å²) in [4.78, 5) is 11.9. The molecule has 0 aromatic carbocycles. The van der Waals surface area contributed by atoms with Crippen molar-refractivity contribution in [1.29, 1.82) is 0 Å². The van der Waals surface area contributed by atoms with Gasteiger partial charge in [0.25, 0.3) is 0 Å². The summed E-state index contributed by atoms with van der Waals surface area (Å²) >= 11 is 3.61. The van der Waals surface area contributed by atoms with Gasteiger partial charge in [0.2, 0.25) is 0 Å². The topological polar surface area (TPSA) is 25.8 Å². The second-order valence-electron chi connectivity index (χ2n) is 3.51. The van der Waals surface area contributed by atoms with Gasteiger partial charge in [-0.25, -0.2) is 9.97 Å². The van der Waals surface area contributed by atoms with Crippen LogP contribution in [0.5, 0.6) is 0 Å². The van der Waals surface area contributed by atoms with Crippen molar-refractivity contribution in [3.05, 3.63) is 20.6 Å². The van der Waals surface area contributed by atoms with E-state index in [-0.39, 0.29) is 0 Å². The molecular weight excluding hydrogens is 212 g/mol. The van der Waals surface area contributed by atoms with Crippen LogP contribution in [0, 0.1) is 13.8 Å². The predicted octanol–water partition coefficient (Wildman–Crippen LogP) is 2.98. The first kappa shape index (κ1) is 8.56. The third-order valence-electron chi connectivity index (χ3n) is 2.41. The molecule has 0 bridgehead atoms. The van der Waals surface area contributed by atoms with Crippen molar-refractivity contribution in [3.8, 4) is 10.6 Å². The summed E-state index contributed by atoms with van der Waals surface area (Å²) < 4.78 is 0. The molecule has 0 radical (unpaired) electrons. The summed E-state index contributed by atoms with van der Waals surface area (Å²) in [6, 6.07) is 0. The minimum absolute atomic E-state index is 1.09. The van der Waals surface area contributed by atoms with Crippen molar-refractivity contribution in [2.45, 2.75) is 26.7 Å². The lowest BCUT2D eigenvalue weighted by molar-refractivity contribution is 0.915. The van der Waals surface area contributed by atoms with Crippen molar-refractivity contribution in [1.82, 2.24) is 9.97 Å². The number of aromatic nitrogens is 2. The van der Waals surface area contributed by atoms with Crippen molar-refractivity contribution in [2.24, 2.45) is 0 Å². The van der Waals surface area contributed by atoms with Crippen LogP contribution in [0.15, 0.2) is 0 Å². The van der Waals surface area contributed by atoms with Crippen LogP contribution < -0.4 is 0 Å². The molecule has 2 nitrogen and oxygen atoms in total. The molecule has 1 aliphatic rings. The summed E-state index contributed by atoms with van der Waals surface area (Å²) in [5.74, 6) is 0. The molecule has 2 heterocycles. The molecule has 0 spiro atoms. The normalized spacial score (nSPS) is 13.9. The molecule has 3 rings (SSSR count). The Bertz CT molecular complexity index is 450. The van der Waals surface area contributed by atoms with E-state index in [9.17, 15) is 0 Å². The zero-order valence-electron chi connectivity index (χ0n) is 8.13. The molecule has 2 aromatic rings. The van der Waals surface area contributed by atoms with Gasteiger partial charge >= 0.3 is 0 Å². The van der Waals surface area contributed by atoms with Crippen molar-refractivity contribution in [2.75, 3.05) is 0 Å². The molecule has 0 saturated heterocycles. The van der Waals surface area contributed by atoms with E-state index in [1.165, 1.54) is 26.1 Å². The maximum absolute atomic E-state index is 4.59. The summed E-state index contributed by atoms with van der Waals surface area (Å²) in [5.41, 5.74) is 2.46. The highest BCUT2D eigenvalue weighted by Gasteiger charge is 2.22. The molecule has 0 unspecified atom stereocenters. The zero-order chi connectivity index (χ0) is 9.71. The second kappa shape index (κ2) is 2.87. The van der Waals surface area contributed by atoms with Gasteiger partial charge in [0, 0.05) is 4.88 Å². The molecule has 2 aromatic heterocycles. The average Bonchev–Trinajstić information content (AvgIpc) is 2.65. The van der Waals surface area contributed by atoms with Crippen LogP contribution in [-0.2, 0) is 12.8 Å². The number of nitrogens with zero attached hydrogens (tertiary/aromatic N) is 2. The van der Waals surface area contributed by atoms with E-state index in [2.05, 4.69) is 23.8 Å². The zero-order valence-corrected chi connectivity index (χ0v) is 9.76.